The Labute approximate surface area is 206 Å². The van der Waals surface area contributed by atoms with Gasteiger partial charge >= 0.3 is 0 Å². The molecule has 0 radical (unpaired) electrons. The largest absolute Gasteiger partial charge is 0.494 e. The van der Waals surface area contributed by atoms with Gasteiger partial charge in [0.1, 0.15) is 11.3 Å². The number of aromatic nitrogens is 1. The molecule has 35 heavy (non-hydrogen) atoms. The van der Waals surface area contributed by atoms with Crippen molar-refractivity contribution in [3.63, 3.8) is 0 Å². The first-order chi connectivity index (χ1) is 16.9. The Morgan fingerprint density at radius 3 is 2.57 bits per heavy atom. The fraction of sp³-hybridized carbons (Fsp3) is 0.259. The van der Waals surface area contributed by atoms with Crippen LogP contribution in [0.25, 0.3) is 11.0 Å². The Morgan fingerprint density at radius 2 is 1.89 bits per heavy atom. The molecule has 0 spiro atoms. The minimum Gasteiger partial charge on any atom is -0.494 e. The van der Waals surface area contributed by atoms with Crippen LogP contribution in [0.4, 0.5) is 5.13 Å². The molecule has 4 aromatic rings. The topological polar surface area (TPSA) is 89.7 Å². The van der Waals surface area contributed by atoms with Crippen molar-refractivity contribution in [2.24, 2.45) is 0 Å². The monoisotopic (exact) mass is 488 g/mol. The lowest BCUT2D eigenvalue weighted by molar-refractivity contribution is 0.0969. The quantitative estimate of drug-likeness (QED) is 0.245. The van der Waals surface area contributed by atoms with Gasteiger partial charge in [0.25, 0.3) is 5.91 Å². The predicted molar refractivity (Wildman–Crippen MR) is 135 cm³/mol. The third kappa shape index (κ3) is 3.93. The molecule has 7 nitrogen and oxygen atoms in total. The van der Waals surface area contributed by atoms with Gasteiger partial charge in [-0.05, 0) is 43.2 Å². The summed E-state index contributed by atoms with van der Waals surface area (Å²) in [6, 6.07) is 13.5. The van der Waals surface area contributed by atoms with Crippen molar-refractivity contribution in [2.75, 3.05) is 11.5 Å². The Hall–Kier alpha value is -3.78. The van der Waals surface area contributed by atoms with Crippen LogP contribution in [-0.2, 0) is 0 Å². The number of thiazole rings is 1. The number of ether oxygens (including phenoxy) is 1. The molecule has 0 saturated carbocycles. The highest BCUT2D eigenvalue weighted by molar-refractivity contribution is 7.17. The van der Waals surface area contributed by atoms with Crippen molar-refractivity contribution < 1.29 is 18.7 Å². The molecule has 1 aliphatic heterocycles. The van der Waals surface area contributed by atoms with Gasteiger partial charge in [0.15, 0.2) is 16.3 Å². The molecule has 2 aromatic heterocycles. The lowest BCUT2D eigenvalue weighted by Crippen LogP contribution is -2.29. The molecule has 5 rings (SSSR count). The van der Waals surface area contributed by atoms with E-state index in [1.54, 1.807) is 31.2 Å². The summed E-state index contributed by atoms with van der Waals surface area (Å²) in [4.78, 5) is 45.8. The van der Waals surface area contributed by atoms with Crippen molar-refractivity contribution >= 4 is 39.1 Å². The molecule has 0 bridgehead atoms. The van der Waals surface area contributed by atoms with Gasteiger partial charge in [-0.15, -0.1) is 0 Å². The summed E-state index contributed by atoms with van der Waals surface area (Å²) >= 11 is 1.14. The first-order valence-electron chi connectivity index (χ1n) is 11.5. The lowest BCUT2D eigenvalue weighted by Gasteiger charge is -2.22. The van der Waals surface area contributed by atoms with Crippen LogP contribution in [0.3, 0.4) is 0 Å². The van der Waals surface area contributed by atoms with E-state index in [2.05, 4.69) is 11.9 Å². The summed E-state index contributed by atoms with van der Waals surface area (Å²) in [5.41, 5.74) is 1.63. The first kappa shape index (κ1) is 23.0. The van der Waals surface area contributed by atoms with Crippen LogP contribution >= 0.6 is 11.3 Å². The second-order valence-electron chi connectivity index (χ2n) is 8.49. The van der Waals surface area contributed by atoms with E-state index in [1.165, 1.54) is 11.8 Å². The SMILES string of the molecule is CCCCOc1ccc(C2c3c(oc4ccccc4c3=O)C(=O)N2c2nc(C)c(C(C)=O)s2)cc1. The molecule has 0 fully saturated rings. The molecule has 0 N–H and O–H groups in total. The number of anilines is 1. The van der Waals surface area contributed by atoms with Crippen LogP contribution in [0, 0.1) is 6.92 Å². The Kier molecular flexibility index (Phi) is 5.98. The number of para-hydroxylation sites is 1. The van der Waals surface area contributed by atoms with Crippen LogP contribution in [0.15, 0.2) is 57.7 Å². The zero-order chi connectivity index (χ0) is 24.7. The van der Waals surface area contributed by atoms with Crippen molar-refractivity contribution in [3.05, 3.63) is 86.2 Å². The normalized spacial score (nSPS) is 15.0. The number of hydrogen-bond donors (Lipinski definition) is 0. The van der Waals surface area contributed by atoms with E-state index in [1.807, 2.05) is 24.3 Å². The number of amides is 1. The zero-order valence-electron chi connectivity index (χ0n) is 19.7. The second kappa shape index (κ2) is 9.11. The zero-order valence-corrected chi connectivity index (χ0v) is 20.5. The van der Waals surface area contributed by atoms with E-state index >= 15 is 0 Å². The third-order valence-electron chi connectivity index (χ3n) is 6.05. The Balaban J connectivity index is 1.67. The summed E-state index contributed by atoms with van der Waals surface area (Å²) in [7, 11) is 0. The van der Waals surface area contributed by atoms with Gasteiger partial charge in [-0.25, -0.2) is 4.98 Å². The average molecular weight is 489 g/mol. The standard InChI is InChI=1S/C27H24N2O5S/c1-4-5-14-33-18-12-10-17(11-13-18)22-21-23(31)19-8-6-7-9-20(19)34-24(21)26(32)29(22)27-28-15(2)25(35-27)16(3)30/h6-13,22H,4-5,14H2,1-3H3. The second-order valence-corrected chi connectivity index (χ2v) is 9.46. The Bertz CT molecular complexity index is 1500. The van der Waals surface area contributed by atoms with Crippen molar-refractivity contribution in [3.8, 4) is 5.75 Å². The summed E-state index contributed by atoms with van der Waals surface area (Å²) in [6.07, 6.45) is 1.99. The number of aryl methyl sites for hydroxylation is 1. The minimum absolute atomic E-state index is 0.000740. The number of benzene rings is 2. The number of unbranched alkanes of at least 4 members (excludes halogenated alkanes) is 1. The number of rotatable bonds is 7. The summed E-state index contributed by atoms with van der Waals surface area (Å²) in [6.45, 7) is 5.92. The number of carbonyl (C=O) groups is 2. The van der Waals surface area contributed by atoms with Crippen molar-refractivity contribution in [1.29, 1.82) is 0 Å². The van der Waals surface area contributed by atoms with Gasteiger partial charge in [-0.1, -0.05) is 48.9 Å². The van der Waals surface area contributed by atoms with E-state index in [0.717, 1.165) is 29.7 Å². The molecule has 3 heterocycles. The van der Waals surface area contributed by atoms with Gasteiger partial charge in [0.05, 0.1) is 34.2 Å². The molecule has 1 unspecified atom stereocenters. The van der Waals surface area contributed by atoms with E-state index in [-0.39, 0.29) is 22.5 Å². The minimum atomic E-state index is -0.742. The van der Waals surface area contributed by atoms with E-state index < -0.39 is 11.9 Å². The molecular weight excluding hydrogens is 464 g/mol. The number of hydrogen-bond acceptors (Lipinski definition) is 7. The molecule has 8 heteroatoms. The van der Waals surface area contributed by atoms with Crippen LogP contribution < -0.4 is 15.1 Å². The molecule has 2 aromatic carbocycles. The van der Waals surface area contributed by atoms with Crippen LogP contribution in [0.1, 0.15) is 69.8 Å². The van der Waals surface area contributed by atoms with E-state index in [0.29, 0.717) is 39.0 Å². The van der Waals surface area contributed by atoms with Gasteiger partial charge in [0, 0.05) is 6.92 Å². The molecule has 1 atom stereocenters. The maximum absolute atomic E-state index is 13.7. The number of Topliss-reactive ketones (excluding diaryl/α,β-unsaturated/α-hetero) is 1. The molecule has 1 aliphatic rings. The maximum Gasteiger partial charge on any atom is 0.297 e. The third-order valence-corrected chi connectivity index (χ3v) is 7.31. The highest BCUT2D eigenvalue weighted by Gasteiger charge is 2.45. The van der Waals surface area contributed by atoms with Gasteiger partial charge in [0.2, 0.25) is 5.76 Å². The van der Waals surface area contributed by atoms with Gasteiger partial charge in [-0.3, -0.25) is 19.3 Å². The maximum atomic E-state index is 13.7. The summed E-state index contributed by atoms with van der Waals surface area (Å²) < 4.78 is 11.8. The van der Waals surface area contributed by atoms with Crippen LogP contribution in [-0.4, -0.2) is 23.3 Å². The molecule has 178 valence electrons. The van der Waals surface area contributed by atoms with Crippen LogP contribution in [0.5, 0.6) is 5.75 Å². The molecular formula is C27H24N2O5S. The smallest absolute Gasteiger partial charge is 0.297 e. The fourth-order valence-corrected chi connectivity index (χ4v) is 5.31. The fourth-order valence-electron chi connectivity index (χ4n) is 4.32. The number of fused-ring (bicyclic) bond motifs is 2. The Morgan fingerprint density at radius 1 is 1.14 bits per heavy atom. The lowest BCUT2D eigenvalue weighted by atomic mass is 9.98. The molecule has 0 saturated heterocycles. The molecule has 1 amide bonds. The number of ketones is 1. The highest BCUT2D eigenvalue weighted by Crippen LogP contribution is 2.43. The molecule has 0 aliphatic carbocycles. The predicted octanol–water partition coefficient (Wildman–Crippen LogP) is 5.69. The van der Waals surface area contributed by atoms with Gasteiger partial charge < -0.3 is 9.15 Å². The van der Waals surface area contributed by atoms with E-state index in [4.69, 9.17) is 9.15 Å². The summed E-state index contributed by atoms with van der Waals surface area (Å²) in [5, 5.41) is 0.756. The van der Waals surface area contributed by atoms with Crippen molar-refractivity contribution in [2.45, 2.75) is 39.7 Å². The van der Waals surface area contributed by atoms with Gasteiger partial charge in [-0.2, -0.15) is 0 Å². The van der Waals surface area contributed by atoms with Crippen molar-refractivity contribution in [1.82, 2.24) is 4.98 Å². The van der Waals surface area contributed by atoms with E-state index in [9.17, 15) is 14.4 Å². The summed E-state index contributed by atoms with van der Waals surface area (Å²) in [5.74, 6) is 0.132. The number of carbonyl (C=O) groups excluding carboxylic acids is 2. The average Bonchev–Trinajstić information content (AvgIpc) is 3.37. The number of nitrogens with zero attached hydrogens (tertiary/aromatic N) is 2. The van der Waals surface area contributed by atoms with Crippen LogP contribution in [0.2, 0.25) is 0 Å². The highest BCUT2D eigenvalue weighted by atomic mass is 32.1. The first-order valence-corrected chi connectivity index (χ1v) is 12.3.